The normalized spacial score (nSPS) is 16.6. The number of nitrogens with two attached hydrogens (primary N) is 1. The van der Waals surface area contributed by atoms with Crippen LogP contribution < -0.4 is 11.1 Å². The van der Waals surface area contributed by atoms with E-state index < -0.39 is 30.1 Å². The van der Waals surface area contributed by atoms with Crippen LogP contribution in [0, 0.1) is 5.92 Å². The van der Waals surface area contributed by atoms with Gasteiger partial charge in [-0.05, 0) is 11.5 Å². The van der Waals surface area contributed by atoms with Crippen molar-refractivity contribution in [3.8, 4) is 0 Å². The summed E-state index contributed by atoms with van der Waals surface area (Å²) in [5, 5.41) is 21.5. The number of carbonyl (C=O) groups excluding carboxylic acids is 1. The van der Waals surface area contributed by atoms with Crippen LogP contribution in [0.25, 0.3) is 0 Å². The van der Waals surface area contributed by atoms with Gasteiger partial charge in [-0.25, -0.2) is 4.79 Å². The number of aliphatic carboxylic acids is 1. The quantitative estimate of drug-likeness (QED) is 0.590. The van der Waals surface area contributed by atoms with Gasteiger partial charge in [-0.15, -0.1) is 0 Å². The lowest BCUT2D eigenvalue weighted by molar-refractivity contribution is -0.145. The van der Waals surface area contributed by atoms with Crippen LogP contribution >= 0.6 is 0 Å². The van der Waals surface area contributed by atoms with Crippen LogP contribution in [-0.2, 0) is 9.59 Å². The molecule has 0 aliphatic heterocycles. The third-order valence-electron chi connectivity index (χ3n) is 3.57. The van der Waals surface area contributed by atoms with Crippen molar-refractivity contribution in [1.82, 2.24) is 5.32 Å². The van der Waals surface area contributed by atoms with E-state index in [9.17, 15) is 14.7 Å². The summed E-state index contributed by atoms with van der Waals surface area (Å²) < 4.78 is 0. The molecule has 0 saturated heterocycles. The molecule has 0 fully saturated rings. The SMILES string of the molecule is CCC(C)[C@H](NC(=O)[C@H](O)[C@@H](N)c1ccccc1)C(=O)O. The molecule has 4 atom stereocenters. The molecule has 21 heavy (non-hydrogen) atoms. The zero-order valence-corrected chi connectivity index (χ0v) is 12.2. The molecule has 1 rings (SSSR count). The zero-order chi connectivity index (χ0) is 16.0. The predicted molar refractivity (Wildman–Crippen MR) is 78.4 cm³/mol. The molecular formula is C15H22N2O4. The van der Waals surface area contributed by atoms with Crippen molar-refractivity contribution in [2.75, 3.05) is 0 Å². The van der Waals surface area contributed by atoms with Gasteiger partial charge in [-0.2, -0.15) is 0 Å². The van der Waals surface area contributed by atoms with Gasteiger partial charge in [0.15, 0.2) is 6.10 Å². The molecule has 5 N–H and O–H groups in total. The maximum atomic E-state index is 12.0. The first-order valence-electron chi connectivity index (χ1n) is 6.90. The van der Waals surface area contributed by atoms with Gasteiger partial charge in [-0.3, -0.25) is 4.79 Å². The average molecular weight is 294 g/mol. The Balaban J connectivity index is 2.75. The minimum atomic E-state index is -1.50. The first-order chi connectivity index (χ1) is 9.88. The van der Waals surface area contributed by atoms with Crippen LogP contribution in [0.5, 0.6) is 0 Å². The van der Waals surface area contributed by atoms with Crippen LogP contribution in [0.3, 0.4) is 0 Å². The number of benzene rings is 1. The van der Waals surface area contributed by atoms with Gasteiger partial charge in [0.25, 0.3) is 5.91 Å². The Hall–Kier alpha value is -1.92. The van der Waals surface area contributed by atoms with Gasteiger partial charge in [0.1, 0.15) is 6.04 Å². The number of amides is 1. The first-order valence-corrected chi connectivity index (χ1v) is 6.90. The molecule has 0 heterocycles. The summed E-state index contributed by atoms with van der Waals surface area (Å²) in [6, 6.07) is 6.75. The molecule has 1 amide bonds. The van der Waals surface area contributed by atoms with E-state index in [1.165, 1.54) is 0 Å². The van der Waals surface area contributed by atoms with Crippen molar-refractivity contribution in [2.24, 2.45) is 11.7 Å². The number of nitrogens with one attached hydrogen (secondary N) is 1. The fourth-order valence-electron chi connectivity index (χ4n) is 1.94. The number of carbonyl (C=O) groups is 2. The van der Waals surface area contributed by atoms with Crippen LogP contribution in [0.15, 0.2) is 30.3 Å². The van der Waals surface area contributed by atoms with Crippen LogP contribution in [0.4, 0.5) is 0 Å². The topological polar surface area (TPSA) is 113 Å². The van der Waals surface area contributed by atoms with Crippen molar-refractivity contribution in [3.05, 3.63) is 35.9 Å². The van der Waals surface area contributed by atoms with Crippen LogP contribution in [0.1, 0.15) is 31.9 Å². The monoisotopic (exact) mass is 294 g/mol. The van der Waals surface area contributed by atoms with Crippen LogP contribution in [0.2, 0.25) is 0 Å². The Morgan fingerprint density at radius 1 is 1.29 bits per heavy atom. The number of carboxylic acid groups (broad SMARTS) is 1. The van der Waals surface area contributed by atoms with E-state index in [0.717, 1.165) is 0 Å². The van der Waals surface area contributed by atoms with Crippen molar-refractivity contribution in [2.45, 2.75) is 38.5 Å². The third-order valence-corrected chi connectivity index (χ3v) is 3.57. The minimum absolute atomic E-state index is 0.244. The summed E-state index contributed by atoms with van der Waals surface area (Å²) in [6.45, 7) is 3.56. The van der Waals surface area contributed by atoms with Crippen molar-refractivity contribution in [1.29, 1.82) is 0 Å². The molecule has 0 bridgehead atoms. The second-order valence-electron chi connectivity index (χ2n) is 5.09. The van der Waals surface area contributed by atoms with Gasteiger partial charge >= 0.3 is 5.97 Å². The summed E-state index contributed by atoms with van der Waals surface area (Å²) >= 11 is 0. The van der Waals surface area contributed by atoms with Gasteiger partial charge in [0.2, 0.25) is 0 Å². The highest BCUT2D eigenvalue weighted by atomic mass is 16.4. The summed E-state index contributed by atoms with van der Waals surface area (Å²) in [4.78, 5) is 23.2. The van der Waals surface area contributed by atoms with Gasteiger partial charge < -0.3 is 21.3 Å². The second kappa shape index (κ2) is 7.75. The Labute approximate surface area is 124 Å². The molecule has 1 aromatic rings. The molecule has 1 unspecified atom stereocenters. The van der Waals surface area contributed by atoms with Crippen LogP contribution in [-0.4, -0.2) is 34.2 Å². The van der Waals surface area contributed by atoms with E-state index in [0.29, 0.717) is 12.0 Å². The molecule has 6 heteroatoms. The van der Waals surface area contributed by atoms with Crippen molar-refractivity contribution in [3.63, 3.8) is 0 Å². The predicted octanol–water partition coefficient (Wildman–Crippen LogP) is 0.663. The van der Waals surface area contributed by atoms with E-state index in [1.807, 2.05) is 6.92 Å². The number of aliphatic hydroxyl groups excluding tert-OH is 1. The largest absolute Gasteiger partial charge is 0.480 e. The third kappa shape index (κ3) is 4.54. The lowest BCUT2D eigenvalue weighted by atomic mass is 9.97. The Morgan fingerprint density at radius 2 is 1.86 bits per heavy atom. The van der Waals surface area contributed by atoms with E-state index >= 15 is 0 Å². The van der Waals surface area contributed by atoms with Crippen molar-refractivity contribution < 1.29 is 19.8 Å². The number of aliphatic hydroxyl groups is 1. The molecule has 0 spiro atoms. The molecule has 0 aliphatic rings. The first kappa shape index (κ1) is 17.1. The molecule has 1 aromatic carbocycles. The average Bonchev–Trinajstić information content (AvgIpc) is 2.50. The van der Waals surface area contributed by atoms with Gasteiger partial charge in [-0.1, -0.05) is 50.6 Å². The van der Waals surface area contributed by atoms with Gasteiger partial charge in [0.05, 0.1) is 6.04 Å². The van der Waals surface area contributed by atoms with E-state index in [1.54, 1.807) is 37.3 Å². The maximum absolute atomic E-state index is 12.0. The lowest BCUT2D eigenvalue weighted by Crippen LogP contribution is -2.50. The molecule has 6 nitrogen and oxygen atoms in total. The highest BCUT2D eigenvalue weighted by Gasteiger charge is 2.30. The van der Waals surface area contributed by atoms with Crippen molar-refractivity contribution >= 4 is 11.9 Å². The summed E-state index contributed by atoms with van der Waals surface area (Å²) in [7, 11) is 0. The minimum Gasteiger partial charge on any atom is -0.480 e. The Morgan fingerprint density at radius 3 is 2.33 bits per heavy atom. The zero-order valence-electron chi connectivity index (χ0n) is 12.2. The fraction of sp³-hybridized carbons (Fsp3) is 0.467. The molecule has 0 radical (unpaired) electrons. The molecule has 0 aromatic heterocycles. The molecule has 0 saturated carbocycles. The number of hydrogen-bond donors (Lipinski definition) is 4. The fourth-order valence-corrected chi connectivity index (χ4v) is 1.94. The van der Waals surface area contributed by atoms with Gasteiger partial charge in [0, 0.05) is 0 Å². The highest BCUT2D eigenvalue weighted by Crippen LogP contribution is 2.15. The molecular weight excluding hydrogens is 272 g/mol. The number of rotatable bonds is 7. The molecule has 116 valence electrons. The Bertz CT molecular complexity index is 478. The lowest BCUT2D eigenvalue weighted by Gasteiger charge is -2.24. The summed E-state index contributed by atoms with van der Waals surface area (Å²) in [6.07, 6.45) is -0.906. The highest BCUT2D eigenvalue weighted by molar-refractivity contribution is 5.86. The standard InChI is InChI=1S/C15H22N2O4/c1-3-9(2)12(15(20)21)17-14(19)13(18)11(16)10-7-5-4-6-8-10/h4-9,11-13,18H,3,16H2,1-2H3,(H,17,19)(H,20,21)/t9?,11-,12-,13+/m0/s1. The Kier molecular flexibility index (Phi) is 6.33. The second-order valence-corrected chi connectivity index (χ2v) is 5.09. The number of carboxylic acids is 1. The van der Waals surface area contributed by atoms with E-state index in [2.05, 4.69) is 5.32 Å². The smallest absolute Gasteiger partial charge is 0.326 e. The molecule has 0 aliphatic carbocycles. The summed E-state index contributed by atoms with van der Waals surface area (Å²) in [5.74, 6) is -2.15. The van der Waals surface area contributed by atoms with E-state index in [-0.39, 0.29) is 5.92 Å². The summed E-state index contributed by atoms with van der Waals surface area (Å²) in [5.41, 5.74) is 6.45. The van der Waals surface area contributed by atoms with E-state index in [4.69, 9.17) is 10.8 Å². The number of hydrogen-bond acceptors (Lipinski definition) is 4. The maximum Gasteiger partial charge on any atom is 0.326 e.